The van der Waals surface area contributed by atoms with Crippen molar-refractivity contribution in [3.63, 3.8) is 0 Å². The lowest BCUT2D eigenvalue weighted by Crippen LogP contribution is -2.37. The summed E-state index contributed by atoms with van der Waals surface area (Å²) in [4.78, 5) is 0. The van der Waals surface area contributed by atoms with Crippen LogP contribution in [0.3, 0.4) is 0 Å². The molecule has 0 spiro atoms. The lowest BCUT2D eigenvalue weighted by molar-refractivity contribution is 0.428. The molecule has 0 aliphatic carbocycles. The Morgan fingerprint density at radius 1 is 1.46 bits per heavy atom. The molecule has 13 heavy (non-hydrogen) atoms. The van der Waals surface area contributed by atoms with Crippen LogP contribution in [0.25, 0.3) is 0 Å². The molecule has 0 fully saturated rings. The Morgan fingerprint density at radius 2 is 2.15 bits per heavy atom. The Balaban J connectivity index is 2.28. The normalized spacial score (nSPS) is 12.0. The average Bonchev–Trinajstić information content (AvgIpc) is 2.33. The number of nitrogens with one attached hydrogen (secondary N) is 1. The van der Waals surface area contributed by atoms with Crippen LogP contribution in [0.5, 0.6) is 0 Å². The van der Waals surface area contributed by atoms with Crippen LogP contribution in [-0.4, -0.2) is 21.9 Å². The van der Waals surface area contributed by atoms with Gasteiger partial charge in [-0.15, -0.1) is 0 Å². The van der Waals surface area contributed by atoms with Gasteiger partial charge in [0, 0.05) is 31.7 Å². The predicted octanol–water partition coefficient (Wildman–Crippen LogP) is 1.35. The highest BCUT2D eigenvalue weighted by Gasteiger charge is 2.07. The van der Waals surface area contributed by atoms with Crippen molar-refractivity contribution in [3.8, 4) is 0 Å². The van der Waals surface area contributed by atoms with Gasteiger partial charge < -0.3 is 5.32 Å². The van der Waals surface area contributed by atoms with Gasteiger partial charge in [-0.05, 0) is 26.8 Å². The fourth-order valence-electron chi connectivity index (χ4n) is 1.16. The van der Waals surface area contributed by atoms with Gasteiger partial charge in [0.1, 0.15) is 0 Å². The number of hydrogen-bond donors (Lipinski definition) is 1. The maximum absolute atomic E-state index is 4.31. The zero-order valence-corrected chi connectivity index (χ0v) is 8.96. The molecule has 74 valence electrons. The lowest BCUT2D eigenvalue weighted by atomic mass is 10.1. The van der Waals surface area contributed by atoms with Crippen LogP contribution in [0.1, 0.15) is 26.5 Å². The molecule has 0 saturated heterocycles. The molecule has 0 atom stereocenters. The third kappa shape index (κ3) is 4.08. The fraction of sp³-hybridized carbons (Fsp3) is 0.700. The van der Waals surface area contributed by atoms with E-state index in [2.05, 4.69) is 37.3 Å². The van der Waals surface area contributed by atoms with Crippen LogP contribution in [-0.2, 0) is 13.5 Å². The van der Waals surface area contributed by atoms with Gasteiger partial charge in [0.05, 0.1) is 5.69 Å². The summed E-state index contributed by atoms with van der Waals surface area (Å²) < 4.78 is 1.84. The van der Waals surface area contributed by atoms with E-state index in [0.29, 0.717) is 0 Å². The minimum Gasteiger partial charge on any atom is -0.312 e. The number of hydrogen-bond acceptors (Lipinski definition) is 2. The smallest absolute Gasteiger partial charge is 0.0637 e. The Hall–Kier alpha value is -0.830. The SMILES string of the molecule is Cn1ccc(CCNC(C)(C)C)n1. The molecule has 1 N–H and O–H groups in total. The van der Waals surface area contributed by atoms with E-state index in [1.807, 2.05) is 17.9 Å². The molecule has 3 nitrogen and oxygen atoms in total. The van der Waals surface area contributed by atoms with Gasteiger partial charge in [0.15, 0.2) is 0 Å². The molecule has 0 saturated carbocycles. The van der Waals surface area contributed by atoms with Crippen molar-refractivity contribution in [1.29, 1.82) is 0 Å². The first-order valence-electron chi connectivity index (χ1n) is 4.71. The zero-order valence-electron chi connectivity index (χ0n) is 8.96. The Bertz CT molecular complexity index is 257. The van der Waals surface area contributed by atoms with Crippen molar-refractivity contribution < 1.29 is 0 Å². The molecule has 0 bridgehead atoms. The predicted molar refractivity (Wildman–Crippen MR) is 54.7 cm³/mol. The second-order valence-corrected chi connectivity index (χ2v) is 4.41. The minimum absolute atomic E-state index is 0.203. The standard InChI is InChI=1S/C10H19N3/c1-10(2,3)11-7-5-9-6-8-13(4)12-9/h6,8,11H,5,7H2,1-4H3. The summed E-state index contributed by atoms with van der Waals surface area (Å²) in [7, 11) is 1.95. The minimum atomic E-state index is 0.203. The maximum atomic E-state index is 4.31. The molecule has 0 radical (unpaired) electrons. The van der Waals surface area contributed by atoms with Crippen molar-refractivity contribution in [3.05, 3.63) is 18.0 Å². The molecular weight excluding hydrogens is 162 g/mol. The quantitative estimate of drug-likeness (QED) is 0.763. The van der Waals surface area contributed by atoms with Crippen LogP contribution in [0, 0.1) is 0 Å². The summed E-state index contributed by atoms with van der Waals surface area (Å²) in [5, 5.41) is 7.74. The average molecular weight is 181 g/mol. The summed E-state index contributed by atoms with van der Waals surface area (Å²) in [6.07, 6.45) is 2.98. The van der Waals surface area contributed by atoms with Crippen molar-refractivity contribution in [2.45, 2.75) is 32.7 Å². The summed E-state index contributed by atoms with van der Waals surface area (Å²) in [5.41, 5.74) is 1.36. The molecule has 1 aromatic rings. The molecule has 0 aliphatic rings. The Kier molecular flexibility index (Phi) is 3.09. The third-order valence-electron chi connectivity index (χ3n) is 1.81. The van der Waals surface area contributed by atoms with Gasteiger partial charge in [0.25, 0.3) is 0 Å². The third-order valence-corrected chi connectivity index (χ3v) is 1.81. The summed E-state index contributed by atoms with van der Waals surface area (Å²) in [5.74, 6) is 0. The van der Waals surface area contributed by atoms with Crippen LogP contribution in [0.4, 0.5) is 0 Å². The topological polar surface area (TPSA) is 29.9 Å². The number of nitrogens with zero attached hydrogens (tertiary/aromatic N) is 2. The van der Waals surface area contributed by atoms with Crippen LogP contribution < -0.4 is 5.32 Å². The second kappa shape index (κ2) is 3.92. The molecule has 1 aromatic heterocycles. The van der Waals surface area contributed by atoms with Gasteiger partial charge in [0.2, 0.25) is 0 Å². The molecule has 0 unspecified atom stereocenters. The molecule has 1 heterocycles. The number of rotatable bonds is 3. The van der Waals surface area contributed by atoms with Crippen molar-refractivity contribution in [2.75, 3.05) is 6.54 Å². The van der Waals surface area contributed by atoms with E-state index < -0.39 is 0 Å². The molecule has 0 aliphatic heterocycles. The first kappa shape index (κ1) is 10.3. The van der Waals surface area contributed by atoms with E-state index in [-0.39, 0.29) is 5.54 Å². The maximum Gasteiger partial charge on any atom is 0.0637 e. The summed E-state index contributed by atoms with van der Waals surface area (Å²) in [6, 6.07) is 2.06. The highest BCUT2D eigenvalue weighted by molar-refractivity contribution is 4.99. The van der Waals surface area contributed by atoms with Gasteiger partial charge >= 0.3 is 0 Å². The first-order valence-corrected chi connectivity index (χ1v) is 4.71. The highest BCUT2D eigenvalue weighted by Crippen LogP contribution is 1.99. The van der Waals surface area contributed by atoms with Crippen LogP contribution in [0.2, 0.25) is 0 Å². The van der Waals surface area contributed by atoms with E-state index >= 15 is 0 Å². The monoisotopic (exact) mass is 181 g/mol. The van der Waals surface area contributed by atoms with Gasteiger partial charge in [-0.3, -0.25) is 4.68 Å². The molecule has 1 rings (SSSR count). The molecule has 0 amide bonds. The van der Waals surface area contributed by atoms with Crippen molar-refractivity contribution in [1.82, 2.24) is 15.1 Å². The van der Waals surface area contributed by atoms with Crippen LogP contribution >= 0.6 is 0 Å². The molecule has 3 heteroatoms. The van der Waals surface area contributed by atoms with Gasteiger partial charge in [-0.25, -0.2) is 0 Å². The van der Waals surface area contributed by atoms with E-state index in [1.54, 1.807) is 0 Å². The second-order valence-electron chi connectivity index (χ2n) is 4.41. The fourth-order valence-corrected chi connectivity index (χ4v) is 1.16. The van der Waals surface area contributed by atoms with E-state index in [0.717, 1.165) is 18.7 Å². The number of aromatic nitrogens is 2. The lowest BCUT2D eigenvalue weighted by Gasteiger charge is -2.19. The van der Waals surface area contributed by atoms with Gasteiger partial charge in [-0.1, -0.05) is 0 Å². The number of aryl methyl sites for hydroxylation is 1. The van der Waals surface area contributed by atoms with E-state index in [4.69, 9.17) is 0 Å². The van der Waals surface area contributed by atoms with E-state index in [9.17, 15) is 0 Å². The molecule has 0 aromatic carbocycles. The zero-order chi connectivity index (χ0) is 9.90. The molecular formula is C10H19N3. The van der Waals surface area contributed by atoms with E-state index in [1.165, 1.54) is 0 Å². The first-order chi connectivity index (χ1) is 5.97. The Labute approximate surface area is 80.1 Å². The van der Waals surface area contributed by atoms with Crippen molar-refractivity contribution in [2.24, 2.45) is 7.05 Å². The summed E-state index contributed by atoms with van der Waals surface area (Å²) >= 11 is 0. The van der Waals surface area contributed by atoms with Crippen molar-refractivity contribution >= 4 is 0 Å². The highest BCUT2D eigenvalue weighted by atomic mass is 15.2. The largest absolute Gasteiger partial charge is 0.312 e. The van der Waals surface area contributed by atoms with Gasteiger partial charge in [-0.2, -0.15) is 5.10 Å². The summed E-state index contributed by atoms with van der Waals surface area (Å²) in [6.45, 7) is 7.50. The van der Waals surface area contributed by atoms with Crippen LogP contribution in [0.15, 0.2) is 12.3 Å². The Morgan fingerprint density at radius 3 is 2.62 bits per heavy atom.